The lowest BCUT2D eigenvalue weighted by molar-refractivity contribution is 0.282. The average Bonchev–Trinajstić information content (AvgIpc) is 2.77. The van der Waals surface area contributed by atoms with Gasteiger partial charge in [0, 0.05) is 6.54 Å². The summed E-state index contributed by atoms with van der Waals surface area (Å²) in [7, 11) is 3.29. The van der Waals surface area contributed by atoms with E-state index in [4.69, 9.17) is 14.2 Å². The van der Waals surface area contributed by atoms with Gasteiger partial charge in [-0.25, -0.2) is 4.39 Å². The molecular formula is C24H26BrClFNO3. The molecule has 4 nitrogen and oxygen atoms in total. The minimum atomic E-state index is -0.263. The first-order valence-corrected chi connectivity index (χ1v) is 10.5. The molecule has 31 heavy (non-hydrogen) atoms. The SMILES string of the molecule is COc1ccc(CCNCc2cc(Br)c(OCc3ccc(F)cc3)c(OC)c2)cc1.Cl. The maximum Gasteiger partial charge on any atom is 0.175 e. The zero-order valence-corrected chi connectivity index (χ0v) is 19.9. The summed E-state index contributed by atoms with van der Waals surface area (Å²) in [6, 6.07) is 18.3. The summed E-state index contributed by atoms with van der Waals surface area (Å²) in [4.78, 5) is 0. The molecule has 0 bridgehead atoms. The van der Waals surface area contributed by atoms with Crippen molar-refractivity contribution >= 4 is 28.3 Å². The third kappa shape index (κ3) is 7.42. The van der Waals surface area contributed by atoms with Gasteiger partial charge in [0.15, 0.2) is 11.5 Å². The second-order valence-corrected chi connectivity index (χ2v) is 7.65. The number of hydrogen-bond acceptors (Lipinski definition) is 4. The number of rotatable bonds is 10. The molecule has 3 aromatic rings. The molecule has 0 fully saturated rings. The predicted molar refractivity (Wildman–Crippen MR) is 127 cm³/mol. The minimum absolute atomic E-state index is 0. The number of ether oxygens (including phenoxy) is 3. The first kappa shape index (κ1) is 25.0. The predicted octanol–water partition coefficient (Wildman–Crippen LogP) is 5.94. The van der Waals surface area contributed by atoms with Gasteiger partial charge in [-0.2, -0.15) is 0 Å². The van der Waals surface area contributed by atoms with Crippen molar-refractivity contribution in [2.24, 2.45) is 0 Å². The fourth-order valence-corrected chi connectivity index (χ4v) is 3.61. The molecule has 0 spiro atoms. The van der Waals surface area contributed by atoms with Gasteiger partial charge in [0.1, 0.15) is 18.2 Å². The Morgan fingerprint density at radius 1 is 0.871 bits per heavy atom. The fourth-order valence-electron chi connectivity index (χ4n) is 3.01. The van der Waals surface area contributed by atoms with Crippen LogP contribution in [0.15, 0.2) is 65.1 Å². The maximum absolute atomic E-state index is 13.1. The van der Waals surface area contributed by atoms with Crippen molar-refractivity contribution in [1.82, 2.24) is 5.32 Å². The van der Waals surface area contributed by atoms with Crippen molar-refractivity contribution in [3.8, 4) is 17.2 Å². The molecule has 0 saturated heterocycles. The van der Waals surface area contributed by atoms with E-state index in [0.717, 1.165) is 34.3 Å². The molecule has 0 aliphatic carbocycles. The summed E-state index contributed by atoms with van der Waals surface area (Å²) in [5, 5.41) is 3.46. The van der Waals surface area contributed by atoms with E-state index < -0.39 is 0 Å². The number of halogens is 3. The largest absolute Gasteiger partial charge is 0.497 e. The Morgan fingerprint density at radius 2 is 1.55 bits per heavy atom. The molecule has 0 atom stereocenters. The lowest BCUT2D eigenvalue weighted by Crippen LogP contribution is -2.16. The van der Waals surface area contributed by atoms with Crippen LogP contribution in [0.2, 0.25) is 0 Å². The van der Waals surface area contributed by atoms with E-state index in [9.17, 15) is 4.39 Å². The molecule has 3 aromatic carbocycles. The first-order chi connectivity index (χ1) is 14.6. The standard InChI is InChI=1S/C24H25BrFNO3.ClH/c1-28-21-9-5-17(6-10-21)11-12-27-15-19-13-22(25)24(23(14-19)29-2)30-16-18-3-7-20(26)8-4-18;/h3-10,13-14,27H,11-12,15-16H2,1-2H3;1H. The van der Waals surface area contributed by atoms with E-state index >= 15 is 0 Å². The lowest BCUT2D eigenvalue weighted by atomic mass is 10.1. The Labute approximate surface area is 197 Å². The van der Waals surface area contributed by atoms with Gasteiger partial charge in [-0.3, -0.25) is 0 Å². The van der Waals surface area contributed by atoms with Crippen LogP contribution in [-0.2, 0) is 19.6 Å². The highest BCUT2D eigenvalue weighted by Crippen LogP contribution is 2.37. The van der Waals surface area contributed by atoms with E-state index in [1.807, 2.05) is 24.3 Å². The number of nitrogens with one attached hydrogen (secondary N) is 1. The van der Waals surface area contributed by atoms with Crippen LogP contribution in [0.25, 0.3) is 0 Å². The molecule has 1 N–H and O–H groups in total. The second-order valence-electron chi connectivity index (χ2n) is 6.80. The van der Waals surface area contributed by atoms with E-state index in [2.05, 4.69) is 33.4 Å². The van der Waals surface area contributed by atoms with Crippen molar-refractivity contribution in [1.29, 1.82) is 0 Å². The highest BCUT2D eigenvalue weighted by molar-refractivity contribution is 9.10. The molecule has 0 aliphatic rings. The third-order valence-electron chi connectivity index (χ3n) is 4.66. The second kappa shape index (κ2) is 12.5. The Kier molecular flexibility index (Phi) is 10.1. The summed E-state index contributed by atoms with van der Waals surface area (Å²) >= 11 is 3.58. The third-order valence-corrected chi connectivity index (χ3v) is 5.25. The van der Waals surface area contributed by atoms with Crippen LogP contribution in [0.1, 0.15) is 16.7 Å². The minimum Gasteiger partial charge on any atom is -0.497 e. The quantitative estimate of drug-likeness (QED) is 0.343. The molecule has 0 aliphatic heterocycles. The molecule has 7 heteroatoms. The van der Waals surface area contributed by atoms with Crippen molar-refractivity contribution in [3.63, 3.8) is 0 Å². The Bertz CT molecular complexity index is 952. The molecule has 3 rings (SSSR count). The van der Waals surface area contributed by atoms with Crippen LogP contribution in [0, 0.1) is 5.82 Å². The molecule has 166 valence electrons. The van der Waals surface area contributed by atoms with Crippen LogP contribution >= 0.6 is 28.3 Å². The molecule has 0 heterocycles. The van der Waals surface area contributed by atoms with Gasteiger partial charge in [0.2, 0.25) is 0 Å². The topological polar surface area (TPSA) is 39.7 Å². The van der Waals surface area contributed by atoms with Crippen LogP contribution in [0.3, 0.4) is 0 Å². The average molecular weight is 511 g/mol. The summed E-state index contributed by atoms with van der Waals surface area (Å²) in [5.41, 5.74) is 3.23. The first-order valence-electron chi connectivity index (χ1n) is 9.66. The van der Waals surface area contributed by atoms with Crippen molar-refractivity contribution < 1.29 is 18.6 Å². The lowest BCUT2D eigenvalue weighted by Gasteiger charge is -2.15. The van der Waals surface area contributed by atoms with Gasteiger partial charge in [-0.05, 0) is 82.0 Å². The van der Waals surface area contributed by atoms with E-state index in [1.54, 1.807) is 26.4 Å². The summed E-state index contributed by atoms with van der Waals surface area (Å²) in [6.45, 7) is 1.90. The number of benzene rings is 3. The highest BCUT2D eigenvalue weighted by Gasteiger charge is 2.12. The van der Waals surface area contributed by atoms with Gasteiger partial charge >= 0.3 is 0 Å². The van der Waals surface area contributed by atoms with Gasteiger partial charge in [0.25, 0.3) is 0 Å². The normalized spacial score (nSPS) is 10.3. The van der Waals surface area contributed by atoms with Gasteiger partial charge < -0.3 is 19.5 Å². The summed E-state index contributed by atoms with van der Waals surface area (Å²) < 4.78 is 30.5. The summed E-state index contributed by atoms with van der Waals surface area (Å²) in [6.07, 6.45) is 0.932. The molecule has 0 aromatic heterocycles. The molecular weight excluding hydrogens is 485 g/mol. The monoisotopic (exact) mass is 509 g/mol. The Balaban J connectivity index is 0.00000341. The van der Waals surface area contributed by atoms with Gasteiger partial charge in [-0.1, -0.05) is 24.3 Å². The van der Waals surface area contributed by atoms with Crippen LogP contribution in [0.5, 0.6) is 17.2 Å². The molecule has 0 radical (unpaired) electrons. The van der Waals surface area contributed by atoms with E-state index in [-0.39, 0.29) is 18.2 Å². The summed E-state index contributed by atoms with van der Waals surface area (Å²) in [5.74, 6) is 1.88. The molecule has 0 amide bonds. The van der Waals surface area contributed by atoms with Crippen molar-refractivity contribution in [3.05, 3.63) is 87.6 Å². The zero-order valence-electron chi connectivity index (χ0n) is 17.5. The van der Waals surface area contributed by atoms with Crippen LogP contribution in [0.4, 0.5) is 4.39 Å². The maximum atomic E-state index is 13.1. The fraction of sp³-hybridized carbons (Fsp3) is 0.250. The van der Waals surface area contributed by atoms with Crippen molar-refractivity contribution in [2.45, 2.75) is 19.6 Å². The smallest absolute Gasteiger partial charge is 0.175 e. The highest BCUT2D eigenvalue weighted by atomic mass is 79.9. The molecule has 0 unspecified atom stereocenters. The van der Waals surface area contributed by atoms with Crippen LogP contribution < -0.4 is 19.5 Å². The van der Waals surface area contributed by atoms with Crippen molar-refractivity contribution in [2.75, 3.05) is 20.8 Å². The number of methoxy groups -OCH3 is 2. The van der Waals surface area contributed by atoms with E-state index in [1.165, 1.54) is 17.7 Å². The Morgan fingerprint density at radius 3 is 2.19 bits per heavy atom. The van der Waals surface area contributed by atoms with Gasteiger partial charge in [0.05, 0.1) is 18.7 Å². The number of hydrogen-bond donors (Lipinski definition) is 1. The van der Waals surface area contributed by atoms with Crippen LogP contribution in [-0.4, -0.2) is 20.8 Å². The van der Waals surface area contributed by atoms with E-state index in [0.29, 0.717) is 24.7 Å². The van der Waals surface area contributed by atoms with Gasteiger partial charge in [-0.15, -0.1) is 12.4 Å². The Hall–Kier alpha value is -2.28. The zero-order chi connectivity index (χ0) is 21.3. The molecule has 0 saturated carbocycles.